The third-order valence-electron chi connectivity index (χ3n) is 3.85. The molecule has 2 rings (SSSR count). The molecular weight excluding hydrogens is 320 g/mol. The molecule has 0 amide bonds. The first-order chi connectivity index (χ1) is 9.56. The number of hydrogen-bond donors (Lipinski definition) is 2. The van der Waals surface area contributed by atoms with Crippen LogP contribution in [0.2, 0.25) is 0 Å². The monoisotopic (exact) mass is 340 g/mol. The van der Waals surface area contributed by atoms with E-state index in [1.807, 2.05) is 18.2 Å². The number of amidine groups is 1. The second-order valence-corrected chi connectivity index (χ2v) is 5.99. The van der Waals surface area contributed by atoms with Gasteiger partial charge in [0.15, 0.2) is 5.84 Å². The highest BCUT2D eigenvalue weighted by molar-refractivity contribution is 9.10. The second-order valence-electron chi connectivity index (χ2n) is 5.07. The van der Waals surface area contributed by atoms with Gasteiger partial charge in [-0.05, 0) is 31.7 Å². The summed E-state index contributed by atoms with van der Waals surface area (Å²) >= 11 is 3.43. The lowest BCUT2D eigenvalue weighted by Gasteiger charge is -2.41. The van der Waals surface area contributed by atoms with Gasteiger partial charge in [0.2, 0.25) is 0 Å². The number of halogens is 1. The van der Waals surface area contributed by atoms with Gasteiger partial charge in [-0.2, -0.15) is 0 Å². The molecule has 5 nitrogen and oxygen atoms in total. The van der Waals surface area contributed by atoms with Crippen molar-refractivity contribution in [3.63, 3.8) is 0 Å². The minimum Gasteiger partial charge on any atom is -0.409 e. The zero-order valence-corrected chi connectivity index (χ0v) is 13.5. The van der Waals surface area contributed by atoms with Crippen LogP contribution in [0.1, 0.15) is 19.4 Å². The standard InChI is InChI=1S/C14H21BrN4O/c1-3-18-6-7-19(9-10(18)2)13-5-4-11(15)8-12(13)14(16)17-20/h4-5,8,10,20H,3,6-7,9H2,1-2H3,(H2,16,17). The molecule has 0 aliphatic carbocycles. The van der Waals surface area contributed by atoms with Crippen LogP contribution in [0.25, 0.3) is 0 Å². The van der Waals surface area contributed by atoms with Crippen LogP contribution in [-0.4, -0.2) is 48.2 Å². The number of rotatable bonds is 3. The average Bonchev–Trinajstić information content (AvgIpc) is 2.46. The molecule has 1 heterocycles. The predicted octanol–water partition coefficient (Wildman–Crippen LogP) is 2.07. The van der Waals surface area contributed by atoms with E-state index < -0.39 is 0 Å². The number of piperazine rings is 1. The Morgan fingerprint density at radius 3 is 2.85 bits per heavy atom. The molecule has 6 heteroatoms. The normalized spacial score (nSPS) is 21.2. The van der Waals surface area contributed by atoms with E-state index in [4.69, 9.17) is 10.9 Å². The van der Waals surface area contributed by atoms with Crippen LogP contribution in [0.4, 0.5) is 5.69 Å². The zero-order chi connectivity index (χ0) is 14.7. The molecule has 0 radical (unpaired) electrons. The van der Waals surface area contributed by atoms with E-state index in [1.165, 1.54) is 0 Å². The first-order valence-electron chi connectivity index (χ1n) is 6.83. The molecule has 1 fully saturated rings. The number of likely N-dealkylation sites (N-methyl/N-ethyl adjacent to an activating group) is 1. The summed E-state index contributed by atoms with van der Waals surface area (Å²) in [5.74, 6) is 0.145. The molecule has 0 spiro atoms. The number of anilines is 1. The molecule has 1 atom stereocenters. The van der Waals surface area contributed by atoms with Gasteiger partial charge >= 0.3 is 0 Å². The van der Waals surface area contributed by atoms with E-state index in [2.05, 4.69) is 44.7 Å². The highest BCUT2D eigenvalue weighted by Crippen LogP contribution is 2.26. The van der Waals surface area contributed by atoms with Gasteiger partial charge in [-0.25, -0.2) is 0 Å². The van der Waals surface area contributed by atoms with Crippen LogP contribution in [0, 0.1) is 0 Å². The molecule has 3 N–H and O–H groups in total. The summed E-state index contributed by atoms with van der Waals surface area (Å²) in [6, 6.07) is 6.39. The fraction of sp³-hybridized carbons (Fsp3) is 0.500. The molecule has 1 aromatic rings. The van der Waals surface area contributed by atoms with Gasteiger partial charge in [0, 0.05) is 41.4 Å². The quantitative estimate of drug-likeness (QED) is 0.382. The highest BCUT2D eigenvalue weighted by atomic mass is 79.9. The summed E-state index contributed by atoms with van der Waals surface area (Å²) in [4.78, 5) is 4.76. The molecule has 0 saturated carbocycles. The Hall–Kier alpha value is -1.27. The Labute approximate surface area is 128 Å². The van der Waals surface area contributed by atoms with Crippen molar-refractivity contribution < 1.29 is 5.21 Å². The summed E-state index contributed by atoms with van der Waals surface area (Å²) in [6.07, 6.45) is 0. The maximum atomic E-state index is 8.95. The van der Waals surface area contributed by atoms with Crippen molar-refractivity contribution in [1.29, 1.82) is 0 Å². The van der Waals surface area contributed by atoms with Crippen LogP contribution in [-0.2, 0) is 0 Å². The van der Waals surface area contributed by atoms with Crippen LogP contribution < -0.4 is 10.6 Å². The SMILES string of the molecule is CCN1CCN(c2ccc(Br)cc2/C(N)=N/O)CC1C. The molecule has 110 valence electrons. The Bertz CT molecular complexity index is 506. The fourth-order valence-electron chi connectivity index (χ4n) is 2.73. The number of oxime groups is 1. The summed E-state index contributed by atoms with van der Waals surface area (Å²) in [7, 11) is 0. The van der Waals surface area contributed by atoms with Gasteiger partial charge in [0.25, 0.3) is 0 Å². The summed E-state index contributed by atoms with van der Waals surface area (Å²) in [6.45, 7) is 8.42. The van der Waals surface area contributed by atoms with Gasteiger partial charge in [-0.3, -0.25) is 4.90 Å². The molecule has 1 unspecified atom stereocenters. The first-order valence-corrected chi connectivity index (χ1v) is 7.62. The van der Waals surface area contributed by atoms with E-state index in [0.29, 0.717) is 6.04 Å². The zero-order valence-electron chi connectivity index (χ0n) is 11.9. The predicted molar refractivity (Wildman–Crippen MR) is 85.6 cm³/mol. The van der Waals surface area contributed by atoms with Crippen molar-refractivity contribution in [1.82, 2.24) is 4.90 Å². The summed E-state index contributed by atoms with van der Waals surface area (Å²) in [5.41, 5.74) is 7.58. The van der Waals surface area contributed by atoms with Crippen molar-refractivity contribution >= 4 is 27.5 Å². The maximum absolute atomic E-state index is 8.95. The third-order valence-corrected chi connectivity index (χ3v) is 4.35. The largest absolute Gasteiger partial charge is 0.409 e. The van der Waals surface area contributed by atoms with Gasteiger partial charge < -0.3 is 15.8 Å². The van der Waals surface area contributed by atoms with Gasteiger partial charge in [0.1, 0.15) is 0 Å². The molecule has 0 aromatic heterocycles. The van der Waals surface area contributed by atoms with E-state index in [1.54, 1.807) is 0 Å². The Balaban J connectivity index is 2.29. The van der Waals surface area contributed by atoms with Gasteiger partial charge in [-0.15, -0.1) is 0 Å². The maximum Gasteiger partial charge on any atom is 0.172 e. The Morgan fingerprint density at radius 2 is 2.25 bits per heavy atom. The molecule has 1 saturated heterocycles. The number of hydrogen-bond acceptors (Lipinski definition) is 4. The third kappa shape index (κ3) is 3.07. The lowest BCUT2D eigenvalue weighted by Crippen LogP contribution is -2.52. The van der Waals surface area contributed by atoms with Crippen molar-refractivity contribution in [2.24, 2.45) is 10.9 Å². The van der Waals surface area contributed by atoms with Crippen LogP contribution in [0.3, 0.4) is 0 Å². The molecule has 1 aliphatic heterocycles. The lowest BCUT2D eigenvalue weighted by atomic mass is 10.1. The Kier molecular flexibility index (Phi) is 4.88. The van der Waals surface area contributed by atoms with Crippen molar-refractivity contribution in [2.75, 3.05) is 31.1 Å². The smallest absolute Gasteiger partial charge is 0.172 e. The highest BCUT2D eigenvalue weighted by Gasteiger charge is 2.24. The minimum atomic E-state index is 0.145. The van der Waals surface area contributed by atoms with E-state index >= 15 is 0 Å². The van der Waals surface area contributed by atoms with E-state index in [-0.39, 0.29) is 5.84 Å². The van der Waals surface area contributed by atoms with Crippen LogP contribution in [0.15, 0.2) is 27.8 Å². The number of nitrogens with two attached hydrogens (primary N) is 1. The molecule has 20 heavy (non-hydrogen) atoms. The fourth-order valence-corrected chi connectivity index (χ4v) is 3.09. The number of benzene rings is 1. The Morgan fingerprint density at radius 1 is 1.50 bits per heavy atom. The first kappa shape index (κ1) is 15.1. The molecule has 0 bridgehead atoms. The topological polar surface area (TPSA) is 65.1 Å². The molecule has 1 aromatic carbocycles. The molecular formula is C14H21BrN4O. The van der Waals surface area contributed by atoms with Crippen molar-refractivity contribution in [3.8, 4) is 0 Å². The lowest BCUT2D eigenvalue weighted by molar-refractivity contribution is 0.199. The van der Waals surface area contributed by atoms with Crippen LogP contribution >= 0.6 is 15.9 Å². The van der Waals surface area contributed by atoms with E-state index in [9.17, 15) is 0 Å². The summed E-state index contributed by atoms with van der Waals surface area (Å²) in [5, 5.41) is 12.1. The van der Waals surface area contributed by atoms with Gasteiger partial charge in [-0.1, -0.05) is 28.0 Å². The van der Waals surface area contributed by atoms with Gasteiger partial charge in [0.05, 0.1) is 0 Å². The average molecular weight is 341 g/mol. The van der Waals surface area contributed by atoms with Crippen molar-refractivity contribution in [3.05, 3.63) is 28.2 Å². The number of nitrogens with zero attached hydrogens (tertiary/aromatic N) is 3. The molecule has 1 aliphatic rings. The summed E-state index contributed by atoms with van der Waals surface area (Å²) < 4.78 is 0.920. The second kappa shape index (κ2) is 6.45. The van der Waals surface area contributed by atoms with Crippen molar-refractivity contribution in [2.45, 2.75) is 19.9 Å². The minimum absolute atomic E-state index is 0.145. The van der Waals surface area contributed by atoms with E-state index in [0.717, 1.165) is 41.9 Å². The van der Waals surface area contributed by atoms with Crippen LogP contribution in [0.5, 0.6) is 0 Å².